The summed E-state index contributed by atoms with van der Waals surface area (Å²) < 4.78 is 29.0. The first-order valence-electron chi connectivity index (χ1n) is 7.93. The predicted molar refractivity (Wildman–Crippen MR) is 81.6 cm³/mol. The molecule has 5 atom stereocenters. The fourth-order valence-corrected chi connectivity index (χ4v) is 2.71. The number of rotatable bonds is 9. The summed E-state index contributed by atoms with van der Waals surface area (Å²) in [6.45, 7) is 13.3. The van der Waals surface area contributed by atoms with Crippen molar-refractivity contribution in [1.29, 1.82) is 0 Å². The van der Waals surface area contributed by atoms with Gasteiger partial charge in [0.05, 0.1) is 37.6 Å². The normalized spacial score (nSPS) is 31.3. The molecule has 0 spiro atoms. The number of hydrogen-bond donors (Lipinski definition) is 0. The first kappa shape index (κ1) is 18.8. The van der Waals surface area contributed by atoms with E-state index in [0.29, 0.717) is 13.2 Å². The monoisotopic (exact) mass is 304 g/mol. The van der Waals surface area contributed by atoms with Gasteiger partial charge in [0.15, 0.2) is 0 Å². The predicted octanol–water partition coefficient (Wildman–Crippen LogP) is 2.41. The zero-order valence-corrected chi connectivity index (χ0v) is 14.5. The van der Waals surface area contributed by atoms with E-state index >= 15 is 0 Å². The van der Waals surface area contributed by atoms with Crippen molar-refractivity contribution in [2.24, 2.45) is 0 Å². The Hall–Kier alpha value is -0.200. The molecule has 0 saturated carbocycles. The van der Waals surface area contributed by atoms with Gasteiger partial charge in [-0.15, -0.1) is 0 Å². The molecule has 0 aromatic carbocycles. The Bertz CT molecular complexity index is 282. The van der Waals surface area contributed by atoms with Crippen LogP contribution < -0.4 is 0 Å². The number of hydrogen-bond acceptors (Lipinski definition) is 5. The minimum absolute atomic E-state index is 0.0196. The van der Waals surface area contributed by atoms with Crippen molar-refractivity contribution in [2.75, 3.05) is 20.3 Å². The van der Waals surface area contributed by atoms with Crippen LogP contribution in [-0.2, 0) is 23.7 Å². The van der Waals surface area contributed by atoms with Gasteiger partial charge in [0.1, 0.15) is 18.3 Å². The third kappa shape index (κ3) is 5.83. The molecule has 1 rings (SSSR count). The fraction of sp³-hybridized carbons (Fsp3) is 1.00. The van der Waals surface area contributed by atoms with Crippen LogP contribution in [0.1, 0.15) is 41.5 Å². The molecule has 1 heterocycles. The van der Waals surface area contributed by atoms with Crippen molar-refractivity contribution >= 4 is 0 Å². The molecule has 0 aromatic heterocycles. The van der Waals surface area contributed by atoms with E-state index in [1.165, 1.54) is 0 Å². The highest BCUT2D eigenvalue weighted by molar-refractivity contribution is 4.94. The second-order valence-corrected chi connectivity index (χ2v) is 6.17. The van der Waals surface area contributed by atoms with Gasteiger partial charge < -0.3 is 23.7 Å². The molecule has 1 unspecified atom stereocenters. The maximum absolute atomic E-state index is 6.07. The summed E-state index contributed by atoms with van der Waals surface area (Å²) in [7, 11) is 1.67. The van der Waals surface area contributed by atoms with Crippen LogP contribution in [-0.4, -0.2) is 63.1 Å². The van der Waals surface area contributed by atoms with Gasteiger partial charge in [-0.25, -0.2) is 0 Å². The number of ether oxygens (including phenoxy) is 5. The lowest BCUT2D eigenvalue weighted by Gasteiger charge is -2.29. The lowest BCUT2D eigenvalue weighted by Crippen LogP contribution is -2.44. The van der Waals surface area contributed by atoms with Gasteiger partial charge in [0.25, 0.3) is 0 Å². The molecule has 1 aliphatic heterocycles. The molecule has 0 aliphatic carbocycles. The molecular formula is C16H32O5. The molecule has 5 heteroatoms. The van der Waals surface area contributed by atoms with Crippen LogP contribution >= 0.6 is 0 Å². The largest absolute Gasteiger partial charge is 0.382 e. The van der Waals surface area contributed by atoms with Gasteiger partial charge >= 0.3 is 0 Å². The highest BCUT2D eigenvalue weighted by Gasteiger charge is 2.47. The Morgan fingerprint density at radius 3 is 2.14 bits per heavy atom. The third-order valence-electron chi connectivity index (χ3n) is 3.46. The summed E-state index contributed by atoms with van der Waals surface area (Å²) in [5.41, 5.74) is 0. The molecule has 1 fully saturated rings. The van der Waals surface area contributed by atoms with Gasteiger partial charge in [0.2, 0.25) is 0 Å². The lowest BCUT2D eigenvalue weighted by atomic mass is 10.0. The molecule has 0 amide bonds. The molecule has 0 radical (unpaired) electrons. The van der Waals surface area contributed by atoms with Crippen LogP contribution in [0.5, 0.6) is 0 Å². The summed E-state index contributed by atoms with van der Waals surface area (Å²) in [5.74, 6) is 0. The van der Waals surface area contributed by atoms with Crippen molar-refractivity contribution in [2.45, 2.75) is 84.3 Å². The van der Waals surface area contributed by atoms with E-state index in [1.807, 2.05) is 41.5 Å². The lowest BCUT2D eigenvalue weighted by molar-refractivity contribution is -0.130. The Morgan fingerprint density at radius 1 is 0.952 bits per heavy atom. The molecule has 0 aromatic rings. The Kier molecular flexibility index (Phi) is 8.13. The van der Waals surface area contributed by atoms with E-state index in [-0.39, 0.29) is 42.7 Å². The van der Waals surface area contributed by atoms with Crippen molar-refractivity contribution in [1.82, 2.24) is 0 Å². The van der Waals surface area contributed by atoms with Gasteiger partial charge in [-0.1, -0.05) is 0 Å². The summed E-state index contributed by atoms with van der Waals surface area (Å²) >= 11 is 0. The fourth-order valence-electron chi connectivity index (χ4n) is 2.71. The molecular weight excluding hydrogens is 272 g/mol. The van der Waals surface area contributed by atoms with Crippen molar-refractivity contribution in [3.05, 3.63) is 0 Å². The van der Waals surface area contributed by atoms with Crippen LogP contribution in [0, 0.1) is 0 Å². The van der Waals surface area contributed by atoms with E-state index in [4.69, 9.17) is 23.7 Å². The smallest absolute Gasteiger partial charge is 0.115 e. The van der Waals surface area contributed by atoms with E-state index < -0.39 is 0 Å². The quantitative estimate of drug-likeness (QED) is 0.612. The minimum atomic E-state index is -0.120. The zero-order chi connectivity index (χ0) is 16.0. The minimum Gasteiger partial charge on any atom is -0.382 e. The summed E-state index contributed by atoms with van der Waals surface area (Å²) in [6.07, 6.45) is -0.104. The van der Waals surface area contributed by atoms with E-state index in [2.05, 4.69) is 0 Å². The second kappa shape index (κ2) is 9.06. The first-order valence-corrected chi connectivity index (χ1v) is 7.93. The Labute approximate surface area is 129 Å². The van der Waals surface area contributed by atoms with E-state index in [0.717, 1.165) is 0 Å². The van der Waals surface area contributed by atoms with Gasteiger partial charge in [0, 0.05) is 7.11 Å². The Balaban J connectivity index is 2.73. The summed E-state index contributed by atoms with van der Waals surface area (Å²) in [5, 5.41) is 0. The summed E-state index contributed by atoms with van der Waals surface area (Å²) in [4.78, 5) is 0. The molecule has 5 nitrogen and oxygen atoms in total. The molecule has 0 N–H and O–H groups in total. The SMILES string of the molecule is COCCO[C@H]1[C@H](C)OC([C@@H](C)OC(C)C)[C@H]1OC(C)C. The molecule has 21 heavy (non-hydrogen) atoms. The molecule has 1 aliphatic rings. The maximum atomic E-state index is 6.07. The average Bonchev–Trinajstić information content (AvgIpc) is 2.66. The van der Waals surface area contributed by atoms with Crippen LogP contribution in [0.15, 0.2) is 0 Å². The third-order valence-corrected chi connectivity index (χ3v) is 3.46. The van der Waals surface area contributed by atoms with Crippen molar-refractivity contribution < 1.29 is 23.7 Å². The van der Waals surface area contributed by atoms with Crippen LogP contribution in [0.3, 0.4) is 0 Å². The topological polar surface area (TPSA) is 46.2 Å². The van der Waals surface area contributed by atoms with Gasteiger partial charge in [-0.05, 0) is 41.5 Å². The average molecular weight is 304 g/mol. The van der Waals surface area contributed by atoms with Crippen molar-refractivity contribution in [3.63, 3.8) is 0 Å². The molecule has 0 bridgehead atoms. The summed E-state index contributed by atoms with van der Waals surface area (Å²) in [6, 6.07) is 0. The van der Waals surface area contributed by atoms with Crippen molar-refractivity contribution in [3.8, 4) is 0 Å². The Morgan fingerprint density at radius 2 is 1.62 bits per heavy atom. The van der Waals surface area contributed by atoms with E-state index in [1.54, 1.807) is 7.11 Å². The molecule has 1 saturated heterocycles. The van der Waals surface area contributed by atoms with Crippen LogP contribution in [0.4, 0.5) is 0 Å². The van der Waals surface area contributed by atoms with Gasteiger partial charge in [-0.3, -0.25) is 0 Å². The standard InChI is InChI=1S/C16H32O5/c1-10(2)19-13(6)15-16(20-11(3)4)14(12(5)21-15)18-9-8-17-7/h10-16H,8-9H2,1-7H3/t12-,13+,14-,15?,16-/m0/s1. The highest BCUT2D eigenvalue weighted by Crippen LogP contribution is 2.30. The second-order valence-electron chi connectivity index (χ2n) is 6.17. The van der Waals surface area contributed by atoms with E-state index in [9.17, 15) is 0 Å². The van der Waals surface area contributed by atoms with Gasteiger partial charge in [-0.2, -0.15) is 0 Å². The molecule has 126 valence electrons. The number of methoxy groups -OCH3 is 1. The van der Waals surface area contributed by atoms with Crippen LogP contribution in [0.2, 0.25) is 0 Å². The first-order chi connectivity index (χ1) is 9.86. The zero-order valence-electron chi connectivity index (χ0n) is 14.5. The highest BCUT2D eigenvalue weighted by atomic mass is 16.6. The maximum Gasteiger partial charge on any atom is 0.115 e. The van der Waals surface area contributed by atoms with Crippen LogP contribution in [0.25, 0.3) is 0 Å².